The highest BCUT2D eigenvalue weighted by Gasteiger charge is 2.31. The molecule has 8 heteroatoms. The maximum atomic E-state index is 13.1. The number of anilines is 1. The summed E-state index contributed by atoms with van der Waals surface area (Å²) in [5.41, 5.74) is 1.25. The summed E-state index contributed by atoms with van der Waals surface area (Å²) in [6.45, 7) is 8.32. The van der Waals surface area contributed by atoms with Crippen LogP contribution in [0.25, 0.3) is 11.4 Å². The van der Waals surface area contributed by atoms with Crippen molar-refractivity contribution in [2.45, 2.75) is 46.2 Å². The van der Waals surface area contributed by atoms with E-state index in [1.54, 1.807) is 6.07 Å². The normalized spacial score (nSPS) is 14.9. The van der Waals surface area contributed by atoms with Crippen molar-refractivity contribution < 1.29 is 18.0 Å². The van der Waals surface area contributed by atoms with E-state index in [1.807, 2.05) is 18.7 Å². The first kappa shape index (κ1) is 22.1. The fourth-order valence-electron chi connectivity index (χ4n) is 3.54. The molecule has 1 fully saturated rings. The Morgan fingerprint density at radius 3 is 2.43 bits per heavy atom. The van der Waals surface area contributed by atoms with Crippen LogP contribution < -0.4 is 4.90 Å². The van der Waals surface area contributed by atoms with Gasteiger partial charge in [0.1, 0.15) is 5.82 Å². The van der Waals surface area contributed by atoms with Crippen molar-refractivity contribution >= 4 is 11.7 Å². The van der Waals surface area contributed by atoms with E-state index < -0.39 is 11.7 Å². The first-order valence-electron chi connectivity index (χ1n) is 10.3. The Bertz CT molecular complexity index is 906. The van der Waals surface area contributed by atoms with E-state index >= 15 is 0 Å². The van der Waals surface area contributed by atoms with Gasteiger partial charge in [0.15, 0.2) is 5.82 Å². The van der Waals surface area contributed by atoms with Gasteiger partial charge in [0.2, 0.25) is 5.91 Å². The molecule has 1 aliphatic rings. The minimum absolute atomic E-state index is 0.178. The summed E-state index contributed by atoms with van der Waals surface area (Å²) in [6, 6.07) is 5.09. The van der Waals surface area contributed by atoms with Crippen LogP contribution in [0.5, 0.6) is 0 Å². The first-order chi connectivity index (χ1) is 14.2. The summed E-state index contributed by atoms with van der Waals surface area (Å²) < 4.78 is 39.3. The molecular weight excluding hydrogens is 393 g/mol. The lowest BCUT2D eigenvalue weighted by molar-refractivity contribution is -0.137. The fourth-order valence-corrected chi connectivity index (χ4v) is 3.54. The smallest absolute Gasteiger partial charge is 0.353 e. The number of aryl methyl sites for hydroxylation is 1. The molecule has 0 atom stereocenters. The largest absolute Gasteiger partial charge is 0.416 e. The molecular formula is C22H27F3N4O. The van der Waals surface area contributed by atoms with E-state index in [9.17, 15) is 18.0 Å². The Hall–Kier alpha value is -2.64. The lowest BCUT2D eigenvalue weighted by atomic mass is 10.1. The molecule has 1 saturated heterocycles. The van der Waals surface area contributed by atoms with Gasteiger partial charge in [-0.3, -0.25) is 4.79 Å². The van der Waals surface area contributed by atoms with Crippen molar-refractivity contribution in [1.82, 2.24) is 14.9 Å². The van der Waals surface area contributed by atoms with Crippen molar-refractivity contribution in [2.75, 3.05) is 31.1 Å². The van der Waals surface area contributed by atoms with Gasteiger partial charge in [-0.2, -0.15) is 13.2 Å². The highest BCUT2D eigenvalue weighted by Crippen LogP contribution is 2.32. The molecule has 0 N–H and O–H groups in total. The van der Waals surface area contributed by atoms with Gasteiger partial charge >= 0.3 is 6.18 Å². The van der Waals surface area contributed by atoms with Crippen LogP contribution in [0.3, 0.4) is 0 Å². The van der Waals surface area contributed by atoms with E-state index in [-0.39, 0.29) is 11.7 Å². The van der Waals surface area contributed by atoms with Gasteiger partial charge in [0.05, 0.1) is 5.56 Å². The van der Waals surface area contributed by atoms with E-state index in [0.29, 0.717) is 38.2 Å². The Morgan fingerprint density at radius 1 is 1.10 bits per heavy atom. The third-order valence-corrected chi connectivity index (χ3v) is 5.49. The zero-order valence-electron chi connectivity index (χ0n) is 17.6. The summed E-state index contributed by atoms with van der Waals surface area (Å²) in [7, 11) is 0. The molecule has 1 aromatic heterocycles. The van der Waals surface area contributed by atoms with Gasteiger partial charge in [-0.05, 0) is 32.4 Å². The average Bonchev–Trinajstić information content (AvgIpc) is 2.73. The number of alkyl halides is 3. The molecule has 162 valence electrons. The van der Waals surface area contributed by atoms with Gasteiger partial charge < -0.3 is 9.80 Å². The van der Waals surface area contributed by atoms with Crippen LogP contribution in [0, 0.1) is 13.8 Å². The standard InChI is InChI=1S/C22H27F3N4O/c1-4-5-9-19(30)28-10-12-29(13-11-28)21-15(2)16(3)26-20(27-21)17-7-6-8-18(14-17)22(23,24)25/h6-8,14H,4-5,9-13H2,1-3H3. The van der Waals surface area contributed by atoms with Crippen molar-refractivity contribution in [1.29, 1.82) is 0 Å². The molecule has 5 nitrogen and oxygen atoms in total. The lowest BCUT2D eigenvalue weighted by Crippen LogP contribution is -2.49. The first-order valence-corrected chi connectivity index (χ1v) is 10.3. The molecule has 0 saturated carbocycles. The number of carbonyl (C=O) groups is 1. The summed E-state index contributed by atoms with van der Waals surface area (Å²) in [4.78, 5) is 25.3. The van der Waals surface area contributed by atoms with Crippen LogP contribution in [0.2, 0.25) is 0 Å². The number of hydrogen-bond acceptors (Lipinski definition) is 4. The molecule has 0 bridgehead atoms. The summed E-state index contributed by atoms with van der Waals surface area (Å²) in [6.07, 6.45) is -1.96. The summed E-state index contributed by atoms with van der Waals surface area (Å²) >= 11 is 0. The number of carbonyl (C=O) groups excluding carboxylic acids is 1. The Morgan fingerprint density at radius 2 is 1.80 bits per heavy atom. The lowest BCUT2D eigenvalue weighted by Gasteiger charge is -2.36. The highest BCUT2D eigenvalue weighted by molar-refractivity contribution is 5.76. The molecule has 30 heavy (non-hydrogen) atoms. The molecule has 1 amide bonds. The molecule has 1 aromatic carbocycles. The molecule has 0 aliphatic carbocycles. The van der Waals surface area contributed by atoms with Crippen molar-refractivity contribution in [2.24, 2.45) is 0 Å². The number of nitrogens with zero attached hydrogens (tertiary/aromatic N) is 4. The number of halogens is 3. The molecule has 0 radical (unpaired) electrons. The van der Waals surface area contributed by atoms with E-state index in [4.69, 9.17) is 0 Å². The number of piperazine rings is 1. The monoisotopic (exact) mass is 420 g/mol. The maximum absolute atomic E-state index is 13.1. The zero-order chi connectivity index (χ0) is 21.9. The van der Waals surface area contributed by atoms with Gasteiger partial charge in [0.25, 0.3) is 0 Å². The average molecular weight is 420 g/mol. The Balaban J connectivity index is 1.83. The van der Waals surface area contributed by atoms with Crippen LogP contribution in [0.1, 0.15) is 43.0 Å². The predicted octanol–water partition coefficient (Wildman–Crippen LogP) is 4.62. The van der Waals surface area contributed by atoms with Crippen LogP contribution in [-0.2, 0) is 11.0 Å². The van der Waals surface area contributed by atoms with Gasteiger partial charge in [-0.15, -0.1) is 0 Å². The second-order valence-corrected chi connectivity index (χ2v) is 7.63. The highest BCUT2D eigenvalue weighted by atomic mass is 19.4. The second kappa shape index (κ2) is 9.02. The quantitative estimate of drug-likeness (QED) is 0.708. The number of hydrogen-bond donors (Lipinski definition) is 0. The second-order valence-electron chi connectivity index (χ2n) is 7.63. The zero-order valence-corrected chi connectivity index (χ0v) is 17.6. The SMILES string of the molecule is CCCCC(=O)N1CCN(c2nc(-c3cccc(C(F)(F)F)c3)nc(C)c2C)CC1. The number of amides is 1. The van der Waals surface area contributed by atoms with E-state index in [1.165, 1.54) is 6.07 Å². The van der Waals surface area contributed by atoms with Crippen molar-refractivity contribution in [3.05, 3.63) is 41.1 Å². The van der Waals surface area contributed by atoms with Gasteiger partial charge in [-0.25, -0.2) is 9.97 Å². The molecule has 3 rings (SSSR count). The van der Waals surface area contributed by atoms with Crippen LogP contribution in [0.4, 0.5) is 19.0 Å². The maximum Gasteiger partial charge on any atom is 0.416 e. The van der Waals surface area contributed by atoms with Crippen LogP contribution in [-0.4, -0.2) is 47.0 Å². The minimum atomic E-state index is -4.42. The fraction of sp³-hybridized carbons (Fsp3) is 0.500. The third kappa shape index (κ3) is 4.91. The van der Waals surface area contributed by atoms with Gasteiger partial charge in [-0.1, -0.05) is 25.5 Å². The number of unbranched alkanes of at least 4 members (excludes halogenated alkanes) is 1. The molecule has 2 heterocycles. The van der Waals surface area contributed by atoms with E-state index in [0.717, 1.165) is 42.0 Å². The summed E-state index contributed by atoms with van der Waals surface area (Å²) in [5.74, 6) is 1.17. The predicted molar refractivity (Wildman–Crippen MR) is 110 cm³/mol. The van der Waals surface area contributed by atoms with Crippen molar-refractivity contribution in [3.8, 4) is 11.4 Å². The van der Waals surface area contributed by atoms with E-state index in [2.05, 4.69) is 21.8 Å². The third-order valence-electron chi connectivity index (χ3n) is 5.49. The molecule has 2 aromatic rings. The number of benzene rings is 1. The Kier molecular flexibility index (Phi) is 6.63. The van der Waals surface area contributed by atoms with Gasteiger partial charge in [0, 0.05) is 49.4 Å². The Labute approximate surface area is 174 Å². The summed E-state index contributed by atoms with van der Waals surface area (Å²) in [5, 5.41) is 0. The molecule has 1 aliphatic heterocycles. The van der Waals surface area contributed by atoms with Crippen LogP contribution >= 0.6 is 0 Å². The topological polar surface area (TPSA) is 49.3 Å². The molecule has 0 spiro atoms. The molecule has 0 unspecified atom stereocenters. The van der Waals surface area contributed by atoms with Crippen molar-refractivity contribution in [3.63, 3.8) is 0 Å². The number of aromatic nitrogens is 2. The number of rotatable bonds is 5. The van der Waals surface area contributed by atoms with Crippen LogP contribution in [0.15, 0.2) is 24.3 Å². The minimum Gasteiger partial charge on any atom is -0.353 e.